The van der Waals surface area contributed by atoms with E-state index in [0.717, 1.165) is 11.1 Å². The van der Waals surface area contributed by atoms with Crippen LogP contribution >= 0.6 is 12.2 Å². The van der Waals surface area contributed by atoms with Gasteiger partial charge >= 0.3 is 0 Å². The summed E-state index contributed by atoms with van der Waals surface area (Å²) >= 11 is 5.18. The molecule has 15 heavy (non-hydrogen) atoms. The van der Waals surface area contributed by atoms with Crippen LogP contribution in [0.15, 0.2) is 24.3 Å². The fraction of sp³-hybridized carbons (Fsp3) is 0.364. The Balaban J connectivity index is 2.91. The van der Waals surface area contributed by atoms with Gasteiger partial charge in [-0.3, -0.25) is 0 Å². The molecular formula is C11H16N2OS. The maximum atomic E-state index is 8.91. The molecule has 1 rings (SSSR count). The zero-order valence-electron chi connectivity index (χ0n) is 8.73. The van der Waals surface area contributed by atoms with E-state index in [9.17, 15) is 0 Å². The Labute approximate surface area is 95.3 Å². The van der Waals surface area contributed by atoms with E-state index in [1.807, 2.05) is 24.3 Å². The summed E-state index contributed by atoms with van der Waals surface area (Å²) in [6, 6.07) is 7.59. The van der Waals surface area contributed by atoms with Crippen LogP contribution < -0.4 is 11.1 Å². The van der Waals surface area contributed by atoms with Crippen molar-refractivity contribution in [3.05, 3.63) is 35.4 Å². The quantitative estimate of drug-likeness (QED) is 0.650. The van der Waals surface area contributed by atoms with E-state index in [1.165, 1.54) is 0 Å². The molecule has 82 valence electrons. The predicted molar refractivity (Wildman–Crippen MR) is 66.0 cm³/mol. The first-order chi connectivity index (χ1) is 7.19. The van der Waals surface area contributed by atoms with Gasteiger partial charge in [-0.2, -0.15) is 0 Å². The van der Waals surface area contributed by atoms with E-state index in [1.54, 1.807) is 7.05 Å². The smallest absolute Gasteiger partial charge is 0.106 e. The minimum absolute atomic E-state index is 0.0132. The fourth-order valence-electron chi connectivity index (χ4n) is 1.40. The topological polar surface area (TPSA) is 58.3 Å². The molecule has 0 aliphatic rings. The van der Waals surface area contributed by atoms with Crippen molar-refractivity contribution in [3.8, 4) is 0 Å². The molecule has 1 aromatic rings. The van der Waals surface area contributed by atoms with Gasteiger partial charge in [-0.1, -0.05) is 36.5 Å². The van der Waals surface area contributed by atoms with Gasteiger partial charge in [0.05, 0.1) is 6.61 Å². The van der Waals surface area contributed by atoms with Crippen molar-refractivity contribution in [2.45, 2.75) is 12.5 Å². The average Bonchev–Trinajstić information content (AvgIpc) is 2.28. The zero-order valence-corrected chi connectivity index (χ0v) is 9.55. The number of hydrogen-bond acceptors (Lipinski definition) is 3. The zero-order chi connectivity index (χ0) is 11.3. The summed E-state index contributed by atoms with van der Waals surface area (Å²) in [5.41, 5.74) is 7.75. The summed E-state index contributed by atoms with van der Waals surface area (Å²) < 4.78 is 0. The number of nitrogens with one attached hydrogen (secondary N) is 1. The molecule has 0 aliphatic heterocycles. The number of rotatable bonds is 4. The maximum Gasteiger partial charge on any atom is 0.106 e. The van der Waals surface area contributed by atoms with Gasteiger partial charge in [-0.05, 0) is 12.0 Å². The number of aliphatic hydroxyl groups is 1. The third kappa shape index (κ3) is 3.27. The number of aliphatic hydroxyl groups excluding tert-OH is 1. The molecule has 0 radical (unpaired) electrons. The number of benzene rings is 1. The lowest BCUT2D eigenvalue weighted by Gasteiger charge is -2.13. The third-order valence-corrected chi connectivity index (χ3v) is 2.63. The van der Waals surface area contributed by atoms with Gasteiger partial charge in [0, 0.05) is 18.7 Å². The highest BCUT2D eigenvalue weighted by atomic mass is 32.1. The molecule has 1 aromatic carbocycles. The van der Waals surface area contributed by atoms with Crippen molar-refractivity contribution in [1.29, 1.82) is 0 Å². The van der Waals surface area contributed by atoms with Crippen LogP contribution in [-0.2, 0) is 6.42 Å². The second-order valence-corrected chi connectivity index (χ2v) is 3.79. The summed E-state index contributed by atoms with van der Waals surface area (Å²) in [6.45, 7) is -0.0132. The fourth-order valence-corrected chi connectivity index (χ4v) is 1.60. The van der Waals surface area contributed by atoms with Crippen LogP contribution in [-0.4, -0.2) is 29.8 Å². The van der Waals surface area contributed by atoms with Crippen molar-refractivity contribution in [3.63, 3.8) is 0 Å². The molecule has 1 atom stereocenters. The monoisotopic (exact) mass is 224 g/mol. The minimum Gasteiger partial charge on any atom is -0.395 e. The second-order valence-electron chi connectivity index (χ2n) is 3.38. The van der Waals surface area contributed by atoms with E-state index in [0.29, 0.717) is 11.4 Å². The van der Waals surface area contributed by atoms with Crippen molar-refractivity contribution >= 4 is 17.2 Å². The molecular weight excluding hydrogens is 208 g/mol. The third-order valence-electron chi connectivity index (χ3n) is 2.21. The van der Waals surface area contributed by atoms with Gasteiger partial charge in [-0.15, -0.1) is 0 Å². The molecule has 0 bridgehead atoms. The molecule has 4 N–H and O–H groups in total. The van der Waals surface area contributed by atoms with Crippen LogP contribution in [0.4, 0.5) is 0 Å². The summed E-state index contributed by atoms with van der Waals surface area (Å²) in [7, 11) is 1.80. The van der Waals surface area contributed by atoms with Gasteiger partial charge in [0.25, 0.3) is 0 Å². The Hall–Kier alpha value is -0.970. The lowest BCUT2D eigenvalue weighted by molar-refractivity contribution is 0.265. The van der Waals surface area contributed by atoms with E-state index in [4.69, 9.17) is 23.1 Å². The molecule has 0 fully saturated rings. The molecule has 0 spiro atoms. The Morgan fingerprint density at radius 1 is 1.53 bits per heavy atom. The molecule has 0 saturated heterocycles. The summed E-state index contributed by atoms with van der Waals surface area (Å²) in [4.78, 5) is 0.704. The second kappa shape index (κ2) is 5.80. The van der Waals surface area contributed by atoms with Gasteiger partial charge in [0.15, 0.2) is 0 Å². The Kier molecular flexibility index (Phi) is 4.68. The van der Waals surface area contributed by atoms with Crippen LogP contribution in [0.2, 0.25) is 0 Å². The average molecular weight is 224 g/mol. The van der Waals surface area contributed by atoms with Gasteiger partial charge < -0.3 is 16.2 Å². The largest absolute Gasteiger partial charge is 0.395 e. The highest BCUT2D eigenvalue weighted by Crippen LogP contribution is 2.11. The van der Waals surface area contributed by atoms with Crippen LogP contribution in [0.1, 0.15) is 11.1 Å². The lowest BCUT2D eigenvalue weighted by atomic mass is 10.0. The van der Waals surface area contributed by atoms with Crippen molar-refractivity contribution in [1.82, 2.24) is 5.32 Å². The molecule has 0 amide bonds. The molecule has 4 heteroatoms. The highest BCUT2D eigenvalue weighted by Gasteiger charge is 2.09. The van der Waals surface area contributed by atoms with E-state index in [-0.39, 0.29) is 12.6 Å². The SMILES string of the molecule is CNC(=S)c1ccccc1C[C@H](N)CO. The normalized spacial score (nSPS) is 12.2. The van der Waals surface area contributed by atoms with Gasteiger partial charge in [0.1, 0.15) is 4.99 Å². The molecule has 3 nitrogen and oxygen atoms in total. The first-order valence-corrected chi connectivity index (χ1v) is 5.26. The molecule has 0 heterocycles. The Bertz CT molecular complexity index is 341. The molecule has 0 aliphatic carbocycles. The molecule has 0 aromatic heterocycles. The van der Waals surface area contributed by atoms with Crippen LogP contribution in [0.3, 0.4) is 0 Å². The predicted octanol–water partition coefficient (Wildman–Crippen LogP) is 0.444. The summed E-state index contributed by atoms with van der Waals surface area (Å²) in [5, 5.41) is 11.9. The van der Waals surface area contributed by atoms with Crippen molar-refractivity contribution < 1.29 is 5.11 Å². The lowest BCUT2D eigenvalue weighted by Crippen LogP contribution is -2.28. The van der Waals surface area contributed by atoms with E-state index < -0.39 is 0 Å². The minimum atomic E-state index is -0.231. The van der Waals surface area contributed by atoms with Crippen LogP contribution in [0.25, 0.3) is 0 Å². The van der Waals surface area contributed by atoms with Crippen LogP contribution in [0, 0.1) is 0 Å². The van der Waals surface area contributed by atoms with Gasteiger partial charge in [-0.25, -0.2) is 0 Å². The summed E-state index contributed by atoms with van der Waals surface area (Å²) in [6.07, 6.45) is 0.633. The number of hydrogen-bond donors (Lipinski definition) is 3. The number of nitrogens with two attached hydrogens (primary N) is 1. The highest BCUT2D eigenvalue weighted by molar-refractivity contribution is 7.80. The van der Waals surface area contributed by atoms with Crippen molar-refractivity contribution in [2.24, 2.45) is 5.73 Å². The first-order valence-electron chi connectivity index (χ1n) is 4.85. The van der Waals surface area contributed by atoms with E-state index >= 15 is 0 Å². The standard InChI is InChI=1S/C11H16N2OS/c1-13-11(15)10-5-3-2-4-8(10)6-9(12)7-14/h2-5,9,14H,6-7,12H2,1H3,(H,13,15)/t9-/m0/s1. The molecule has 0 saturated carbocycles. The maximum absolute atomic E-state index is 8.91. The first kappa shape index (κ1) is 12.1. The Morgan fingerprint density at radius 2 is 2.20 bits per heavy atom. The number of thiocarbonyl (C=S) groups is 1. The van der Waals surface area contributed by atoms with Crippen LogP contribution in [0.5, 0.6) is 0 Å². The Morgan fingerprint density at radius 3 is 2.80 bits per heavy atom. The molecule has 0 unspecified atom stereocenters. The van der Waals surface area contributed by atoms with E-state index in [2.05, 4.69) is 5.32 Å². The van der Waals surface area contributed by atoms with Gasteiger partial charge in [0.2, 0.25) is 0 Å². The van der Waals surface area contributed by atoms with Crippen molar-refractivity contribution in [2.75, 3.05) is 13.7 Å². The summed E-state index contributed by atoms with van der Waals surface area (Å²) in [5.74, 6) is 0.